The Hall–Kier alpha value is -2.44. The summed E-state index contributed by atoms with van der Waals surface area (Å²) >= 11 is 0. The van der Waals surface area contributed by atoms with Crippen molar-refractivity contribution in [2.24, 2.45) is 0 Å². The number of hydrogen-bond donors (Lipinski definition) is 1. The lowest BCUT2D eigenvalue weighted by Gasteiger charge is -2.35. The smallest absolute Gasteiger partial charge is 0.251 e. The molecule has 148 valence electrons. The first-order chi connectivity index (χ1) is 13.6. The van der Waals surface area contributed by atoms with Gasteiger partial charge in [-0.1, -0.05) is 18.2 Å². The van der Waals surface area contributed by atoms with Gasteiger partial charge in [0.25, 0.3) is 5.91 Å². The standard InChI is InChI=1S/C22H26FN3O2/c1-25-8-7-17-13-16(5-6-20(17)25)21(26-9-11-28-12-10-26)15-24-22(27)18-3-2-4-19(23)14-18/h2-6,13-14,21H,7-12,15H2,1H3,(H,24,27). The SMILES string of the molecule is CN1CCc2cc(C(CNC(=O)c3cccc(F)c3)N3CCOCC3)ccc21. The van der Waals surface area contributed by atoms with E-state index < -0.39 is 5.82 Å². The van der Waals surface area contributed by atoms with Crippen LogP contribution in [0.15, 0.2) is 42.5 Å². The van der Waals surface area contributed by atoms with E-state index >= 15 is 0 Å². The number of morpholine rings is 1. The lowest BCUT2D eigenvalue weighted by Crippen LogP contribution is -2.43. The van der Waals surface area contributed by atoms with Crippen molar-refractivity contribution in [1.29, 1.82) is 0 Å². The van der Waals surface area contributed by atoms with Gasteiger partial charge in [-0.15, -0.1) is 0 Å². The van der Waals surface area contributed by atoms with Gasteiger partial charge in [0.05, 0.1) is 19.3 Å². The third-order valence-electron chi connectivity index (χ3n) is 5.65. The van der Waals surface area contributed by atoms with Crippen LogP contribution in [0.1, 0.15) is 27.5 Å². The molecular formula is C22H26FN3O2. The zero-order valence-electron chi connectivity index (χ0n) is 16.2. The van der Waals surface area contributed by atoms with Crippen molar-refractivity contribution in [3.63, 3.8) is 0 Å². The molecule has 0 radical (unpaired) electrons. The maximum atomic E-state index is 13.4. The van der Waals surface area contributed by atoms with Crippen molar-refractivity contribution in [1.82, 2.24) is 10.2 Å². The number of halogens is 1. The van der Waals surface area contributed by atoms with E-state index in [0.717, 1.165) is 26.1 Å². The fourth-order valence-corrected chi connectivity index (χ4v) is 4.06. The van der Waals surface area contributed by atoms with Crippen molar-refractivity contribution < 1.29 is 13.9 Å². The normalized spacial score (nSPS) is 18.0. The van der Waals surface area contributed by atoms with Gasteiger partial charge in [-0.25, -0.2) is 4.39 Å². The van der Waals surface area contributed by atoms with Gasteiger partial charge >= 0.3 is 0 Å². The Balaban J connectivity index is 1.53. The number of nitrogens with one attached hydrogen (secondary N) is 1. The van der Waals surface area contributed by atoms with Gasteiger partial charge in [-0.2, -0.15) is 0 Å². The quantitative estimate of drug-likeness (QED) is 0.862. The number of fused-ring (bicyclic) bond motifs is 1. The van der Waals surface area contributed by atoms with Crippen LogP contribution < -0.4 is 10.2 Å². The van der Waals surface area contributed by atoms with Crippen molar-refractivity contribution in [3.05, 3.63) is 65.0 Å². The summed E-state index contributed by atoms with van der Waals surface area (Å²) in [6.45, 7) is 4.57. The molecule has 0 spiro atoms. The molecule has 0 aromatic heterocycles. The van der Waals surface area contributed by atoms with Gasteiger partial charge in [-0.05, 0) is 41.8 Å². The topological polar surface area (TPSA) is 44.8 Å². The summed E-state index contributed by atoms with van der Waals surface area (Å²) in [6.07, 6.45) is 1.05. The third-order valence-corrected chi connectivity index (χ3v) is 5.65. The summed E-state index contributed by atoms with van der Waals surface area (Å²) in [6, 6.07) is 12.5. The molecule has 1 saturated heterocycles. The van der Waals surface area contributed by atoms with Gasteiger partial charge in [0.1, 0.15) is 5.82 Å². The molecule has 6 heteroatoms. The Kier molecular flexibility index (Phi) is 5.59. The number of hydrogen-bond acceptors (Lipinski definition) is 4. The summed E-state index contributed by atoms with van der Waals surface area (Å²) in [5.74, 6) is -0.654. The Labute approximate surface area is 165 Å². The molecule has 1 unspecified atom stereocenters. The second kappa shape index (κ2) is 8.29. The molecule has 0 bridgehead atoms. The molecule has 1 amide bonds. The highest BCUT2D eigenvalue weighted by atomic mass is 19.1. The van der Waals surface area contributed by atoms with Crippen LogP contribution in [0.3, 0.4) is 0 Å². The number of anilines is 1. The Bertz CT molecular complexity index is 851. The zero-order valence-corrected chi connectivity index (χ0v) is 16.2. The maximum Gasteiger partial charge on any atom is 0.251 e. The van der Waals surface area contributed by atoms with Crippen molar-refractivity contribution >= 4 is 11.6 Å². The van der Waals surface area contributed by atoms with Gasteiger partial charge < -0.3 is 15.0 Å². The van der Waals surface area contributed by atoms with E-state index in [-0.39, 0.29) is 11.9 Å². The summed E-state index contributed by atoms with van der Waals surface area (Å²) in [5.41, 5.74) is 4.19. The van der Waals surface area contributed by atoms with Gasteiger partial charge in [-0.3, -0.25) is 9.69 Å². The van der Waals surface area contributed by atoms with Crippen LogP contribution in [0.5, 0.6) is 0 Å². The summed E-state index contributed by atoms with van der Waals surface area (Å²) < 4.78 is 18.9. The van der Waals surface area contributed by atoms with Gasteiger partial charge in [0.15, 0.2) is 0 Å². The lowest BCUT2D eigenvalue weighted by molar-refractivity contribution is 0.0162. The number of benzene rings is 2. The van der Waals surface area contributed by atoms with Gasteiger partial charge in [0, 0.05) is 44.5 Å². The predicted molar refractivity (Wildman–Crippen MR) is 107 cm³/mol. The van der Waals surface area contributed by atoms with Crippen molar-refractivity contribution in [3.8, 4) is 0 Å². The molecule has 2 aromatic carbocycles. The molecule has 2 aliphatic rings. The average Bonchev–Trinajstić information content (AvgIpc) is 3.09. The monoisotopic (exact) mass is 383 g/mol. The highest BCUT2D eigenvalue weighted by molar-refractivity contribution is 5.94. The highest BCUT2D eigenvalue weighted by Gasteiger charge is 2.25. The molecule has 2 aliphatic heterocycles. The molecule has 5 nitrogen and oxygen atoms in total. The van der Waals surface area contributed by atoms with Crippen LogP contribution in [0, 0.1) is 5.82 Å². The van der Waals surface area contributed by atoms with Crippen LogP contribution >= 0.6 is 0 Å². The Morgan fingerprint density at radius 2 is 2.00 bits per heavy atom. The number of rotatable bonds is 5. The second-order valence-electron chi connectivity index (χ2n) is 7.44. The van der Waals surface area contributed by atoms with Crippen LogP contribution in [0.4, 0.5) is 10.1 Å². The van der Waals surface area contributed by atoms with E-state index in [1.807, 2.05) is 0 Å². The minimum Gasteiger partial charge on any atom is -0.379 e. The average molecular weight is 383 g/mol. The number of ether oxygens (including phenoxy) is 1. The number of carbonyl (C=O) groups is 1. The van der Waals surface area contributed by atoms with Crippen LogP contribution in [-0.4, -0.2) is 57.2 Å². The Morgan fingerprint density at radius 3 is 2.79 bits per heavy atom. The molecule has 1 fully saturated rings. The molecule has 2 aromatic rings. The summed E-state index contributed by atoms with van der Waals surface area (Å²) in [5, 5.41) is 3.00. The molecule has 1 atom stereocenters. The predicted octanol–water partition coefficient (Wildman–Crippen LogP) is 2.62. The molecule has 2 heterocycles. The van der Waals surface area contributed by atoms with Crippen molar-refractivity contribution in [2.75, 3.05) is 51.3 Å². The van der Waals surface area contributed by atoms with E-state index in [0.29, 0.717) is 25.3 Å². The minimum absolute atomic E-state index is 0.0672. The first kappa shape index (κ1) is 18.9. The fourth-order valence-electron chi connectivity index (χ4n) is 4.06. The van der Waals surface area contributed by atoms with Crippen LogP contribution in [0.2, 0.25) is 0 Å². The lowest BCUT2D eigenvalue weighted by atomic mass is 10.00. The van der Waals surface area contributed by atoms with Gasteiger partial charge in [0.2, 0.25) is 0 Å². The molecule has 1 N–H and O–H groups in total. The van der Waals surface area contributed by atoms with E-state index in [4.69, 9.17) is 4.74 Å². The Morgan fingerprint density at radius 1 is 1.18 bits per heavy atom. The number of amides is 1. The molecule has 0 saturated carbocycles. The van der Waals surface area contributed by atoms with Crippen molar-refractivity contribution in [2.45, 2.75) is 12.5 Å². The molecule has 0 aliphatic carbocycles. The third kappa shape index (κ3) is 4.03. The second-order valence-corrected chi connectivity index (χ2v) is 7.44. The van der Waals surface area contributed by atoms with Crippen LogP contribution in [-0.2, 0) is 11.2 Å². The number of nitrogens with zero attached hydrogens (tertiary/aromatic N) is 2. The molecular weight excluding hydrogens is 357 g/mol. The maximum absolute atomic E-state index is 13.4. The minimum atomic E-state index is -0.403. The van der Waals surface area contributed by atoms with E-state index in [9.17, 15) is 9.18 Å². The summed E-state index contributed by atoms with van der Waals surface area (Å²) in [7, 11) is 2.12. The zero-order chi connectivity index (χ0) is 19.5. The van der Waals surface area contributed by atoms with Crippen LogP contribution in [0.25, 0.3) is 0 Å². The highest BCUT2D eigenvalue weighted by Crippen LogP contribution is 2.31. The molecule has 4 rings (SSSR count). The van der Waals surface area contributed by atoms with E-state index in [1.54, 1.807) is 12.1 Å². The first-order valence-electron chi connectivity index (χ1n) is 9.81. The fraction of sp³-hybridized carbons (Fsp3) is 0.409. The number of likely N-dealkylation sites (N-methyl/N-ethyl adjacent to an activating group) is 1. The molecule has 28 heavy (non-hydrogen) atoms. The van der Waals surface area contributed by atoms with E-state index in [2.05, 4.69) is 40.4 Å². The first-order valence-corrected chi connectivity index (χ1v) is 9.81. The van der Waals surface area contributed by atoms with E-state index in [1.165, 1.54) is 28.9 Å². The largest absolute Gasteiger partial charge is 0.379 e. The number of carbonyl (C=O) groups excluding carboxylic acids is 1. The summed E-state index contributed by atoms with van der Waals surface area (Å²) in [4.78, 5) is 17.1.